The highest BCUT2D eigenvalue weighted by Gasteiger charge is 2.43. The van der Waals surface area contributed by atoms with E-state index < -0.39 is 5.97 Å². The molecule has 3 aliphatic rings. The van der Waals surface area contributed by atoms with Crippen LogP contribution in [0.1, 0.15) is 56.9 Å². The molecular weight excluding hydrogens is 368 g/mol. The van der Waals surface area contributed by atoms with Gasteiger partial charge in [-0.3, -0.25) is 14.4 Å². The van der Waals surface area contributed by atoms with E-state index in [1.807, 2.05) is 17.0 Å². The summed E-state index contributed by atoms with van der Waals surface area (Å²) in [5, 5.41) is 8.82. The Balaban J connectivity index is 1.48. The summed E-state index contributed by atoms with van der Waals surface area (Å²) in [6, 6.07) is 8.26. The smallest absolute Gasteiger partial charge is 0.303 e. The van der Waals surface area contributed by atoms with Crippen LogP contribution in [0.25, 0.3) is 0 Å². The van der Waals surface area contributed by atoms with Gasteiger partial charge in [-0.25, -0.2) is 0 Å². The Labute approximate surface area is 171 Å². The maximum Gasteiger partial charge on any atom is 0.303 e. The fraction of sp³-hybridized carbons (Fsp3) is 0.609. The van der Waals surface area contributed by atoms with E-state index in [1.54, 1.807) is 4.90 Å². The minimum atomic E-state index is -0.934. The molecule has 0 bridgehead atoms. The summed E-state index contributed by atoms with van der Waals surface area (Å²) in [6.07, 6.45) is 6.88. The minimum absolute atomic E-state index is 0.00615. The highest BCUT2D eigenvalue weighted by atomic mass is 16.4. The van der Waals surface area contributed by atoms with Gasteiger partial charge in [-0.05, 0) is 49.1 Å². The van der Waals surface area contributed by atoms with Crippen LogP contribution in [-0.4, -0.2) is 47.4 Å². The second-order valence-corrected chi connectivity index (χ2v) is 8.99. The van der Waals surface area contributed by atoms with Crippen LogP contribution in [0.4, 0.5) is 5.69 Å². The number of para-hydroxylation sites is 1. The summed E-state index contributed by atoms with van der Waals surface area (Å²) >= 11 is 0. The molecule has 1 saturated heterocycles. The van der Waals surface area contributed by atoms with Gasteiger partial charge < -0.3 is 14.9 Å². The number of rotatable bonds is 4. The van der Waals surface area contributed by atoms with Crippen molar-refractivity contribution in [1.29, 1.82) is 0 Å². The van der Waals surface area contributed by atoms with E-state index in [0.29, 0.717) is 13.1 Å². The minimum Gasteiger partial charge on any atom is -0.481 e. The summed E-state index contributed by atoms with van der Waals surface area (Å²) in [7, 11) is 0. The van der Waals surface area contributed by atoms with Gasteiger partial charge in [0.1, 0.15) is 0 Å². The largest absolute Gasteiger partial charge is 0.481 e. The first-order valence-electron chi connectivity index (χ1n) is 10.9. The van der Waals surface area contributed by atoms with E-state index >= 15 is 0 Å². The van der Waals surface area contributed by atoms with E-state index in [9.17, 15) is 14.4 Å². The Morgan fingerprint density at radius 2 is 1.72 bits per heavy atom. The molecule has 4 rings (SSSR count). The maximum atomic E-state index is 13.3. The van der Waals surface area contributed by atoms with Gasteiger partial charge in [0, 0.05) is 37.7 Å². The molecule has 1 aliphatic carbocycles. The average molecular weight is 399 g/mol. The zero-order valence-electron chi connectivity index (χ0n) is 16.9. The van der Waals surface area contributed by atoms with Crippen LogP contribution in [0.2, 0.25) is 0 Å². The van der Waals surface area contributed by atoms with Crippen molar-refractivity contribution in [2.45, 2.75) is 57.8 Å². The van der Waals surface area contributed by atoms with Crippen molar-refractivity contribution in [1.82, 2.24) is 4.90 Å². The van der Waals surface area contributed by atoms with Gasteiger partial charge >= 0.3 is 5.97 Å². The Morgan fingerprint density at radius 1 is 1.03 bits per heavy atom. The third kappa shape index (κ3) is 4.16. The van der Waals surface area contributed by atoms with Crippen LogP contribution in [-0.2, 0) is 20.8 Å². The highest BCUT2D eigenvalue weighted by molar-refractivity contribution is 5.96. The topological polar surface area (TPSA) is 77.9 Å². The summed E-state index contributed by atoms with van der Waals surface area (Å²) in [4.78, 5) is 40.2. The van der Waals surface area contributed by atoms with Crippen molar-refractivity contribution in [2.24, 2.45) is 11.3 Å². The number of likely N-dealkylation sites (tertiary alicyclic amines) is 1. The lowest BCUT2D eigenvalue weighted by molar-refractivity contribution is -0.141. The number of hydrogen-bond donors (Lipinski definition) is 1. The number of carboxylic acids is 1. The SMILES string of the molecule is O=C(O)CCC(=O)N1CCC2(CC1)Cc1ccccc1N(C(=O)C1CCCC1)C2. The standard InChI is InChI=1S/C23H30N2O4/c26-20(9-10-21(27)28)24-13-11-23(12-14-24)15-18-7-3-4-8-19(18)25(16-23)22(29)17-5-1-2-6-17/h3-4,7-8,17H,1-2,5-6,9-16H2,(H,27,28). The lowest BCUT2D eigenvalue weighted by atomic mass is 9.70. The van der Waals surface area contributed by atoms with Gasteiger partial charge in [0.2, 0.25) is 11.8 Å². The highest BCUT2D eigenvalue weighted by Crippen LogP contribution is 2.44. The number of carboxylic acid groups (broad SMARTS) is 1. The fourth-order valence-corrected chi connectivity index (χ4v) is 5.33. The predicted octanol–water partition coefficient (Wildman–Crippen LogP) is 3.24. The van der Waals surface area contributed by atoms with Crippen molar-refractivity contribution in [3.63, 3.8) is 0 Å². The normalized spacial score (nSPS) is 21.2. The van der Waals surface area contributed by atoms with Crippen LogP contribution in [0.15, 0.2) is 24.3 Å². The fourth-order valence-electron chi connectivity index (χ4n) is 5.33. The first-order chi connectivity index (χ1) is 14.0. The number of anilines is 1. The molecule has 29 heavy (non-hydrogen) atoms. The Hall–Kier alpha value is -2.37. The maximum absolute atomic E-state index is 13.3. The number of aliphatic carboxylic acids is 1. The van der Waals surface area contributed by atoms with Gasteiger partial charge in [-0.1, -0.05) is 31.0 Å². The molecule has 1 N–H and O–H groups in total. The van der Waals surface area contributed by atoms with Crippen LogP contribution in [0, 0.1) is 11.3 Å². The number of amides is 2. The Kier molecular flexibility index (Phi) is 5.61. The lowest BCUT2D eigenvalue weighted by Crippen LogP contribution is -2.53. The number of fused-ring (bicyclic) bond motifs is 1. The molecule has 0 radical (unpaired) electrons. The molecule has 2 aliphatic heterocycles. The zero-order valence-corrected chi connectivity index (χ0v) is 16.9. The van der Waals surface area contributed by atoms with Gasteiger partial charge in [0.25, 0.3) is 0 Å². The third-order valence-electron chi connectivity index (χ3n) is 7.04. The molecule has 1 saturated carbocycles. The van der Waals surface area contributed by atoms with Crippen molar-refractivity contribution < 1.29 is 19.5 Å². The molecule has 6 heteroatoms. The van der Waals surface area contributed by atoms with Crippen LogP contribution in [0.3, 0.4) is 0 Å². The molecule has 2 amide bonds. The summed E-state index contributed by atoms with van der Waals surface area (Å²) in [5.41, 5.74) is 2.30. The third-order valence-corrected chi connectivity index (χ3v) is 7.04. The lowest BCUT2D eigenvalue weighted by Gasteiger charge is -2.48. The second kappa shape index (κ2) is 8.17. The Bertz CT molecular complexity index is 792. The van der Waals surface area contributed by atoms with Gasteiger partial charge in [0.05, 0.1) is 6.42 Å². The van der Waals surface area contributed by atoms with Crippen molar-refractivity contribution >= 4 is 23.5 Å². The van der Waals surface area contributed by atoms with Crippen molar-refractivity contribution in [2.75, 3.05) is 24.5 Å². The van der Waals surface area contributed by atoms with E-state index in [1.165, 1.54) is 5.56 Å². The van der Waals surface area contributed by atoms with E-state index in [4.69, 9.17) is 5.11 Å². The van der Waals surface area contributed by atoms with E-state index in [-0.39, 0.29) is 36.0 Å². The number of carbonyl (C=O) groups is 3. The number of piperidine rings is 1. The Morgan fingerprint density at radius 3 is 2.41 bits per heavy atom. The molecule has 0 aromatic heterocycles. The van der Waals surface area contributed by atoms with Gasteiger partial charge in [-0.15, -0.1) is 0 Å². The van der Waals surface area contributed by atoms with Crippen LogP contribution >= 0.6 is 0 Å². The van der Waals surface area contributed by atoms with Crippen LogP contribution < -0.4 is 4.90 Å². The molecule has 2 fully saturated rings. The molecule has 0 unspecified atom stereocenters. The molecule has 6 nitrogen and oxygen atoms in total. The molecule has 1 spiro atoms. The van der Waals surface area contributed by atoms with Gasteiger partial charge in [-0.2, -0.15) is 0 Å². The van der Waals surface area contributed by atoms with Gasteiger partial charge in [0.15, 0.2) is 0 Å². The number of carbonyl (C=O) groups excluding carboxylic acids is 2. The average Bonchev–Trinajstić information content (AvgIpc) is 3.26. The molecular formula is C23H30N2O4. The summed E-state index contributed by atoms with van der Waals surface area (Å²) in [6.45, 7) is 2.02. The predicted molar refractivity (Wildman–Crippen MR) is 110 cm³/mol. The van der Waals surface area contributed by atoms with E-state index in [2.05, 4.69) is 12.1 Å². The molecule has 1 aromatic rings. The molecule has 1 aromatic carbocycles. The summed E-state index contributed by atoms with van der Waals surface area (Å²) in [5.74, 6) is -0.584. The number of benzene rings is 1. The van der Waals surface area contributed by atoms with Crippen molar-refractivity contribution in [3.8, 4) is 0 Å². The molecule has 0 atom stereocenters. The second-order valence-electron chi connectivity index (χ2n) is 8.99. The molecule has 2 heterocycles. The van der Waals surface area contributed by atoms with Crippen molar-refractivity contribution in [3.05, 3.63) is 29.8 Å². The first-order valence-corrected chi connectivity index (χ1v) is 10.9. The first kappa shape index (κ1) is 19.9. The summed E-state index contributed by atoms with van der Waals surface area (Å²) < 4.78 is 0. The number of nitrogens with zero attached hydrogens (tertiary/aromatic N) is 2. The zero-order chi connectivity index (χ0) is 20.4. The quantitative estimate of drug-likeness (QED) is 0.845. The van der Waals surface area contributed by atoms with E-state index in [0.717, 1.165) is 57.2 Å². The van der Waals surface area contributed by atoms with Crippen LogP contribution in [0.5, 0.6) is 0 Å². The number of hydrogen-bond acceptors (Lipinski definition) is 3. The monoisotopic (exact) mass is 398 g/mol. The molecule has 156 valence electrons.